The molecule has 0 fully saturated rings. The molecule has 2 aromatic rings. The van der Waals surface area contributed by atoms with Crippen molar-refractivity contribution in [3.8, 4) is 11.5 Å². The van der Waals surface area contributed by atoms with Gasteiger partial charge in [-0.1, -0.05) is 17.7 Å². The number of hydrogen-bond acceptors (Lipinski definition) is 4. The van der Waals surface area contributed by atoms with Gasteiger partial charge in [-0.2, -0.15) is 0 Å². The number of anilines is 2. The van der Waals surface area contributed by atoms with Crippen molar-refractivity contribution in [1.29, 1.82) is 0 Å². The van der Waals surface area contributed by atoms with Crippen molar-refractivity contribution < 1.29 is 19.1 Å². The topological polar surface area (TPSA) is 76.7 Å². The summed E-state index contributed by atoms with van der Waals surface area (Å²) in [7, 11) is 3.02. The number of carbonyl (C=O) groups is 2. The maximum Gasteiger partial charge on any atom is 0.233 e. The van der Waals surface area contributed by atoms with Crippen LogP contribution in [0, 0.1) is 6.92 Å². The summed E-state index contributed by atoms with van der Waals surface area (Å²) in [4.78, 5) is 24.1. The van der Waals surface area contributed by atoms with E-state index in [1.54, 1.807) is 36.4 Å². The molecule has 0 aromatic heterocycles. The average molecular weight is 363 g/mol. The van der Waals surface area contributed by atoms with Crippen LogP contribution in [-0.4, -0.2) is 26.0 Å². The summed E-state index contributed by atoms with van der Waals surface area (Å²) in [6, 6.07) is 10.1. The van der Waals surface area contributed by atoms with Gasteiger partial charge in [0, 0.05) is 16.8 Å². The Hall–Kier alpha value is -2.73. The molecule has 0 aliphatic rings. The molecule has 0 atom stereocenters. The molecule has 25 heavy (non-hydrogen) atoms. The van der Waals surface area contributed by atoms with Crippen molar-refractivity contribution in [2.45, 2.75) is 13.3 Å². The molecule has 7 heteroatoms. The third-order valence-corrected chi connectivity index (χ3v) is 3.87. The van der Waals surface area contributed by atoms with Crippen molar-refractivity contribution in [1.82, 2.24) is 0 Å². The second-order valence-corrected chi connectivity index (χ2v) is 5.71. The first-order chi connectivity index (χ1) is 11.9. The molecule has 132 valence electrons. The van der Waals surface area contributed by atoms with Crippen LogP contribution in [0.1, 0.15) is 12.0 Å². The summed E-state index contributed by atoms with van der Waals surface area (Å²) >= 11 is 6.01. The van der Waals surface area contributed by atoms with Crippen LogP contribution in [0.5, 0.6) is 11.5 Å². The zero-order chi connectivity index (χ0) is 18.4. The van der Waals surface area contributed by atoms with Gasteiger partial charge < -0.3 is 20.1 Å². The van der Waals surface area contributed by atoms with Crippen LogP contribution >= 0.6 is 11.6 Å². The lowest BCUT2D eigenvalue weighted by Crippen LogP contribution is -2.21. The van der Waals surface area contributed by atoms with Crippen LogP contribution in [0.3, 0.4) is 0 Å². The number of amides is 2. The summed E-state index contributed by atoms with van der Waals surface area (Å²) < 4.78 is 10.3. The average Bonchev–Trinajstić information content (AvgIpc) is 2.58. The van der Waals surface area contributed by atoms with Crippen LogP contribution in [0.2, 0.25) is 5.02 Å². The molecule has 0 radical (unpaired) electrons. The Bertz CT molecular complexity index is 793. The number of rotatable bonds is 6. The van der Waals surface area contributed by atoms with E-state index in [9.17, 15) is 9.59 Å². The second-order valence-electron chi connectivity index (χ2n) is 5.30. The molecule has 0 unspecified atom stereocenters. The number of carbonyl (C=O) groups excluding carboxylic acids is 2. The van der Waals surface area contributed by atoms with Crippen molar-refractivity contribution >= 4 is 34.8 Å². The monoisotopic (exact) mass is 362 g/mol. The third kappa shape index (κ3) is 5.12. The SMILES string of the molecule is COc1ccc(NC(=O)CC(=O)Nc2ccc(C)c(Cl)c2)c(OC)c1. The molecule has 0 spiro atoms. The normalized spacial score (nSPS) is 10.1. The molecule has 0 saturated carbocycles. The van der Waals surface area contributed by atoms with Crippen molar-refractivity contribution in [2.24, 2.45) is 0 Å². The van der Waals surface area contributed by atoms with E-state index in [-0.39, 0.29) is 6.42 Å². The Morgan fingerprint density at radius 3 is 2.36 bits per heavy atom. The fourth-order valence-electron chi connectivity index (χ4n) is 2.12. The first kappa shape index (κ1) is 18.6. The van der Waals surface area contributed by atoms with E-state index in [1.165, 1.54) is 14.2 Å². The van der Waals surface area contributed by atoms with Gasteiger partial charge in [0.15, 0.2) is 0 Å². The Kier molecular flexibility index (Phi) is 6.25. The van der Waals surface area contributed by atoms with E-state index in [1.807, 2.05) is 6.92 Å². The van der Waals surface area contributed by atoms with Crippen LogP contribution in [0.25, 0.3) is 0 Å². The fourth-order valence-corrected chi connectivity index (χ4v) is 2.30. The lowest BCUT2D eigenvalue weighted by molar-refractivity contribution is -0.123. The summed E-state index contributed by atoms with van der Waals surface area (Å²) in [5, 5.41) is 5.83. The molecule has 0 saturated heterocycles. The number of halogens is 1. The van der Waals surface area contributed by atoms with Gasteiger partial charge in [-0.05, 0) is 36.8 Å². The molecule has 6 nitrogen and oxygen atoms in total. The van der Waals surface area contributed by atoms with Gasteiger partial charge >= 0.3 is 0 Å². The molecule has 2 aromatic carbocycles. The molecule has 2 amide bonds. The Morgan fingerprint density at radius 1 is 1.00 bits per heavy atom. The molecular weight excluding hydrogens is 344 g/mol. The van der Waals surface area contributed by atoms with Gasteiger partial charge in [-0.25, -0.2) is 0 Å². The van der Waals surface area contributed by atoms with Crippen LogP contribution < -0.4 is 20.1 Å². The van der Waals surface area contributed by atoms with Gasteiger partial charge in [0.25, 0.3) is 0 Å². The van der Waals surface area contributed by atoms with E-state index >= 15 is 0 Å². The van der Waals surface area contributed by atoms with E-state index in [0.717, 1.165) is 5.56 Å². The highest BCUT2D eigenvalue weighted by Gasteiger charge is 2.13. The smallest absolute Gasteiger partial charge is 0.233 e. The zero-order valence-corrected chi connectivity index (χ0v) is 14.9. The first-order valence-corrected chi connectivity index (χ1v) is 7.88. The number of nitrogens with one attached hydrogen (secondary N) is 2. The van der Waals surface area contributed by atoms with E-state index in [0.29, 0.717) is 27.9 Å². The van der Waals surface area contributed by atoms with Gasteiger partial charge in [-0.15, -0.1) is 0 Å². The predicted octanol–water partition coefficient (Wildman–Crippen LogP) is 3.63. The molecule has 0 bridgehead atoms. The number of methoxy groups -OCH3 is 2. The lowest BCUT2D eigenvalue weighted by Gasteiger charge is -2.12. The van der Waals surface area contributed by atoms with Gasteiger partial charge in [-0.3, -0.25) is 9.59 Å². The number of ether oxygens (including phenoxy) is 2. The van der Waals surface area contributed by atoms with Crippen molar-refractivity contribution in [3.05, 3.63) is 47.0 Å². The minimum absolute atomic E-state index is 0.333. The van der Waals surface area contributed by atoms with E-state index < -0.39 is 11.8 Å². The number of benzene rings is 2. The Balaban J connectivity index is 1.97. The van der Waals surface area contributed by atoms with Gasteiger partial charge in [0.2, 0.25) is 11.8 Å². The largest absolute Gasteiger partial charge is 0.497 e. The maximum absolute atomic E-state index is 12.1. The van der Waals surface area contributed by atoms with Crippen LogP contribution in [0.4, 0.5) is 11.4 Å². The Morgan fingerprint density at radius 2 is 1.72 bits per heavy atom. The van der Waals surface area contributed by atoms with Crippen LogP contribution in [-0.2, 0) is 9.59 Å². The molecule has 0 heterocycles. The minimum atomic E-state index is -0.459. The van der Waals surface area contributed by atoms with Gasteiger partial charge in [0.1, 0.15) is 17.9 Å². The highest BCUT2D eigenvalue weighted by molar-refractivity contribution is 6.31. The number of aryl methyl sites for hydroxylation is 1. The quantitative estimate of drug-likeness (QED) is 0.769. The second kappa shape index (κ2) is 8.39. The van der Waals surface area contributed by atoms with E-state index in [2.05, 4.69) is 10.6 Å². The molecule has 2 N–H and O–H groups in total. The summed E-state index contributed by atoms with van der Waals surface area (Å²) in [5.41, 5.74) is 1.90. The maximum atomic E-state index is 12.1. The van der Waals surface area contributed by atoms with Crippen molar-refractivity contribution in [3.63, 3.8) is 0 Å². The third-order valence-electron chi connectivity index (χ3n) is 3.46. The Labute approximate surface area is 151 Å². The van der Waals surface area contributed by atoms with Gasteiger partial charge in [0.05, 0.1) is 19.9 Å². The highest BCUT2D eigenvalue weighted by atomic mass is 35.5. The molecular formula is C18H19ClN2O4. The first-order valence-electron chi connectivity index (χ1n) is 7.51. The summed E-state index contributed by atoms with van der Waals surface area (Å²) in [6.07, 6.45) is -0.333. The zero-order valence-electron chi connectivity index (χ0n) is 14.2. The summed E-state index contributed by atoms with van der Waals surface area (Å²) in [5.74, 6) is 0.145. The van der Waals surface area contributed by atoms with E-state index in [4.69, 9.17) is 21.1 Å². The number of hydrogen-bond donors (Lipinski definition) is 2. The van der Waals surface area contributed by atoms with Crippen molar-refractivity contribution in [2.75, 3.05) is 24.9 Å². The molecule has 0 aliphatic heterocycles. The molecule has 2 rings (SSSR count). The van der Waals surface area contributed by atoms with Crippen LogP contribution in [0.15, 0.2) is 36.4 Å². The fraction of sp³-hybridized carbons (Fsp3) is 0.222. The predicted molar refractivity (Wildman–Crippen MR) is 97.6 cm³/mol. The standard InChI is InChI=1S/C18H19ClN2O4/c1-11-4-5-12(8-14(11)19)20-17(22)10-18(23)21-15-7-6-13(24-2)9-16(15)25-3/h4-9H,10H2,1-3H3,(H,20,22)(H,21,23). The summed E-state index contributed by atoms with van der Waals surface area (Å²) in [6.45, 7) is 1.86. The lowest BCUT2D eigenvalue weighted by atomic mass is 10.2. The minimum Gasteiger partial charge on any atom is -0.497 e. The molecule has 0 aliphatic carbocycles. The highest BCUT2D eigenvalue weighted by Crippen LogP contribution is 2.29.